The normalized spacial score (nSPS) is 24.6. The van der Waals surface area contributed by atoms with Crippen molar-refractivity contribution >= 4 is 19.7 Å². The smallest absolute Gasteiger partial charge is 0.298 e. The Morgan fingerprint density at radius 3 is 2.76 bits per heavy atom. The maximum Gasteiger partial charge on any atom is 0.298 e. The third-order valence-electron chi connectivity index (χ3n) is 2.81. The Labute approximate surface area is 104 Å². The average Bonchev–Trinajstić information content (AvgIpc) is 2.62. The van der Waals surface area contributed by atoms with Crippen molar-refractivity contribution in [3.63, 3.8) is 0 Å². The summed E-state index contributed by atoms with van der Waals surface area (Å²) >= 11 is 0. The van der Waals surface area contributed by atoms with Crippen molar-refractivity contribution < 1.29 is 13.2 Å². The number of ether oxygens (including phenoxy) is 1. The molecule has 0 saturated heterocycles. The molecule has 1 N–H and O–H groups in total. The molecule has 2 rings (SSSR count). The second-order valence-electron chi connectivity index (χ2n) is 4.12. The van der Waals surface area contributed by atoms with E-state index in [0.717, 1.165) is 19.4 Å². The van der Waals surface area contributed by atoms with Gasteiger partial charge in [0.25, 0.3) is 14.2 Å². The minimum absolute atomic E-state index is 0.337. The van der Waals surface area contributed by atoms with Crippen molar-refractivity contribution in [3.05, 3.63) is 5.82 Å². The van der Waals surface area contributed by atoms with Gasteiger partial charge in [-0.15, -0.1) is 5.10 Å². The van der Waals surface area contributed by atoms with Gasteiger partial charge in [0.1, 0.15) is 5.82 Å². The lowest BCUT2D eigenvalue weighted by molar-refractivity contribution is -0.0245. The molecular formula is C9H14ClN3O3S. The molecule has 1 aliphatic rings. The highest BCUT2D eigenvalue weighted by Gasteiger charge is 2.30. The summed E-state index contributed by atoms with van der Waals surface area (Å²) in [6, 6.07) is 0. The second-order valence-corrected chi connectivity index (χ2v) is 6.58. The molecule has 17 heavy (non-hydrogen) atoms. The highest BCUT2D eigenvalue weighted by molar-refractivity contribution is 8.13. The topological polar surface area (TPSA) is 84.9 Å². The first-order chi connectivity index (χ1) is 7.99. The summed E-state index contributed by atoms with van der Waals surface area (Å²) in [7, 11) is 1.30. The van der Waals surface area contributed by atoms with Crippen molar-refractivity contribution in [2.75, 3.05) is 6.61 Å². The zero-order chi connectivity index (χ0) is 12.5. The van der Waals surface area contributed by atoms with Crippen molar-refractivity contribution in [2.45, 2.75) is 37.4 Å². The third kappa shape index (κ3) is 3.17. The Morgan fingerprint density at radius 2 is 2.24 bits per heavy atom. The number of hydrogen-bond acceptors (Lipinski definition) is 5. The molecule has 96 valence electrons. The van der Waals surface area contributed by atoms with Crippen LogP contribution in [0.25, 0.3) is 0 Å². The van der Waals surface area contributed by atoms with E-state index >= 15 is 0 Å². The maximum absolute atomic E-state index is 11.0. The van der Waals surface area contributed by atoms with E-state index in [-0.39, 0.29) is 5.16 Å². The third-order valence-corrected chi connectivity index (χ3v) is 3.84. The minimum atomic E-state index is -3.83. The summed E-state index contributed by atoms with van der Waals surface area (Å²) in [5.74, 6) is 1.04. The van der Waals surface area contributed by atoms with Crippen LogP contribution in [0.4, 0.5) is 0 Å². The summed E-state index contributed by atoms with van der Waals surface area (Å²) in [6.45, 7) is 2.70. The Kier molecular flexibility index (Phi) is 3.70. The number of nitrogens with one attached hydrogen (secondary N) is 1. The monoisotopic (exact) mass is 279 g/mol. The van der Waals surface area contributed by atoms with E-state index in [1.54, 1.807) is 0 Å². The van der Waals surface area contributed by atoms with Gasteiger partial charge in [-0.3, -0.25) is 5.10 Å². The number of nitrogens with zero attached hydrogens (tertiary/aromatic N) is 2. The molecule has 1 aliphatic carbocycles. The van der Waals surface area contributed by atoms with E-state index in [9.17, 15) is 8.42 Å². The molecule has 1 saturated carbocycles. The quantitative estimate of drug-likeness (QED) is 0.816. The number of H-pyrrole nitrogens is 1. The molecule has 0 atom stereocenters. The molecule has 6 nitrogen and oxygen atoms in total. The second kappa shape index (κ2) is 4.91. The molecule has 0 unspecified atom stereocenters. The lowest BCUT2D eigenvalue weighted by Gasteiger charge is -2.34. The molecule has 8 heteroatoms. The fourth-order valence-electron chi connectivity index (χ4n) is 1.96. The highest BCUT2D eigenvalue weighted by Crippen LogP contribution is 2.32. The van der Waals surface area contributed by atoms with Crippen LogP contribution in [0.2, 0.25) is 0 Å². The molecule has 0 amide bonds. The van der Waals surface area contributed by atoms with Gasteiger partial charge in [-0.2, -0.15) is 0 Å². The van der Waals surface area contributed by atoms with Crippen LogP contribution in [0, 0.1) is 5.92 Å². The van der Waals surface area contributed by atoms with Crippen molar-refractivity contribution in [1.29, 1.82) is 0 Å². The maximum atomic E-state index is 11.0. The number of rotatable bonds is 5. The van der Waals surface area contributed by atoms with Crippen LogP contribution in [-0.2, 0) is 20.2 Å². The fraction of sp³-hybridized carbons (Fsp3) is 0.778. The van der Waals surface area contributed by atoms with Crippen molar-refractivity contribution in [1.82, 2.24) is 15.2 Å². The first kappa shape index (κ1) is 12.8. The molecular weight excluding hydrogens is 266 g/mol. The minimum Gasteiger partial charge on any atom is -0.378 e. The Hall–Kier alpha value is -0.660. The number of hydrogen-bond donors (Lipinski definition) is 1. The van der Waals surface area contributed by atoms with E-state index in [2.05, 4.69) is 15.2 Å². The van der Waals surface area contributed by atoms with Crippen LogP contribution in [0.1, 0.15) is 25.6 Å². The molecule has 1 fully saturated rings. The highest BCUT2D eigenvalue weighted by atomic mass is 35.7. The summed E-state index contributed by atoms with van der Waals surface area (Å²) in [6.07, 6.45) is 2.99. The molecule has 0 bridgehead atoms. The Morgan fingerprint density at radius 1 is 1.53 bits per heavy atom. The first-order valence-corrected chi connectivity index (χ1v) is 7.77. The van der Waals surface area contributed by atoms with Gasteiger partial charge in [0.15, 0.2) is 0 Å². The van der Waals surface area contributed by atoms with Crippen molar-refractivity contribution in [2.24, 2.45) is 5.92 Å². The number of aromatic amines is 1. The van der Waals surface area contributed by atoms with Gasteiger partial charge in [0.05, 0.1) is 6.10 Å². The molecule has 1 aromatic rings. The molecule has 0 spiro atoms. The zero-order valence-electron chi connectivity index (χ0n) is 9.39. The van der Waals surface area contributed by atoms with Gasteiger partial charge in [-0.25, -0.2) is 13.4 Å². The van der Waals surface area contributed by atoms with Crippen LogP contribution in [0.15, 0.2) is 5.16 Å². The Bertz CT molecular complexity index is 481. The fourth-order valence-corrected chi connectivity index (χ4v) is 2.55. The molecule has 0 aromatic carbocycles. The van der Waals surface area contributed by atoms with E-state index in [0.29, 0.717) is 24.3 Å². The average molecular weight is 280 g/mol. The number of aromatic nitrogens is 3. The van der Waals surface area contributed by atoms with Gasteiger partial charge in [-0.1, -0.05) is 0 Å². The SMILES string of the molecule is CCOC1CC(Cc2nc(S(=O)(=O)Cl)n[nH]2)C1. The molecule has 0 aliphatic heterocycles. The van der Waals surface area contributed by atoms with Crippen LogP contribution in [0.5, 0.6) is 0 Å². The van der Waals surface area contributed by atoms with Gasteiger partial charge in [0, 0.05) is 23.7 Å². The molecule has 1 heterocycles. The van der Waals surface area contributed by atoms with E-state index in [1.165, 1.54) is 0 Å². The van der Waals surface area contributed by atoms with Crippen LogP contribution >= 0.6 is 10.7 Å². The van der Waals surface area contributed by atoms with E-state index in [4.69, 9.17) is 15.4 Å². The summed E-state index contributed by atoms with van der Waals surface area (Å²) in [5, 5.41) is 5.81. The van der Waals surface area contributed by atoms with Gasteiger partial charge in [-0.05, 0) is 25.7 Å². The van der Waals surface area contributed by atoms with Crippen molar-refractivity contribution in [3.8, 4) is 0 Å². The van der Waals surface area contributed by atoms with Crippen LogP contribution < -0.4 is 0 Å². The largest absolute Gasteiger partial charge is 0.378 e. The van der Waals surface area contributed by atoms with E-state index < -0.39 is 9.05 Å². The van der Waals surface area contributed by atoms with Crippen LogP contribution in [-0.4, -0.2) is 36.3 Å². The predicted molar refractivity (Wildman–Crippen MR) is 61.3 cm³/mol. The Balaban J connectivity index is 1.87. The molecule has 0 radical (unpaired) electrons. The van der Waals surface area contributed by atoms with Gasteiger partial charge in [0.2, 0.25) is 0 Å². The lowest BCUT2D eigenvalue weighted by atomic mass is 9.80. The van der Waals surface area contributed by atoms with E-state index in [1.807, 2.05) is 6.92 Å². The summed E-state index contributed by atoms with van der Waals surface area (Å²) < 4.78 is 27.3. The summed E-state index contributed by atoms with van der Waals surface area (Å²) in [4.78, 5) is 3.85. The van der Waals surface area contributed by atoms with Gasteiger partial charge < -0.3 is 4.74 Å². The van der Waals surface area contributed by atoms with Crippen LogP contribution in [0.3, 0.4) is 0 Å². The zero-order valence-corrected chi connectivity index (χ0v) is 11.0. The lowest BCUT2D eigenvalue weighted by Crippen LogP contribution is -2.32. The van der Waals surface area contributed by atoms with Gasteiger partial charge >= 0.3 is 0 Å². The predicted octanol–water partition coefficient (Wildman–Crippen LogP) is 1.09. The first-order valence-electron chi connectivity index (χ1n) is 5.46. The summed E-state index contributed by atoms with van der Waals surface area (Å²) in [5.41, 5.74) is 0. The number of halogens is 1. The molecule has 1 aromatic heterocycles. The standard InChI is InChI=1S/C9H14ClN3O3S/c1-2-16-7-3-6(4-7)5-8-11-9(13-12-8)17(10,14)15/h6-7H,2-5H2,1H3,(H,11,12,13).